The lowest BCUT2D eigenvalue weighted by Crippen LogP contribution is -2.51. The van der Waals surface area contributed by atoms with Gasteiger partial charge in [-0.2, -0.15) is 0 Å². The van der Waals surface area contributed by atoms with E-state index >= 15 is 0 Å². The van der Waals surface area contributed by atoms with Gasteiger partial charge in [-0.1, -0.05) is 18.2 Å². The van der Waals surface area contributed by atoms with Crippen LogP contribution >= 0.6 is 0 Å². The molecule has 1 N–H and O–H groups in total. The minimum atomic E-state index is -0.362. The average molecular weight is 365 g/mol. The number of rotatable bonds is 3. The number of nitrogens with one attached hydrogen (secondary N) is 1. The molecule has 1 fully saturated rings. The molecule has 1 aliphatic rings. The number of piperazine rings is 1. The van der Waals surface area contributed by atoms with Crippen molar-refractivity contribution in [2.24, 2.45) is 0 Å². The van der Waals surface area contributed by atoms with Crippen molar-refractivity contribution >= 4 is 22.7 Å². The lowest BCUT2D eigenvalue weighted by Gasteiger charge is -2.35. The maximum atomic E-state index is 13.0. The van der Waals surface area contributed by atoms with Gasteiger partial charge in [0.05, 0.1) is 6.42 Å². The molecule has 5 nitrogen and oxygen atoms in total. The van der Waals surface area contributed by atoms with Gasteiger partial charge in [0.25, 0.3) is 5.91 Å². The van der Waals surface area contributed by atoms with E-state index in [-0.39, 0.29) is 17.6 Å². The molecule has 2 aromatic carbocycles. The first-order valence-corrected chi connectivity index (χ1v) is 8.99. The molecule has 0 radical (unpaired) electrons. The number of hydrogen-bond donors (Lipinski definition) is 1. The summed E-state index contributed by atoms with van der Waals surface area (Å²) in [6.07, 6.45) is 2.23. The molecule has 2 amide bonds. The zero-order chi connectivity index (χ0) is 18.8. The molecule has 3 aromatic rings. The highest BCUT2D eigenvalue weighted by atomic mass is 19.1. The molecule has 6 heteroatoms. The fourth-order valence-electron chi connectivity index (χ4n) is 3.49. The summed E-state index contributed by atoms with van der Waals surface area (Å²) in [6, 6.07) is 13.5. The molecular weight excluding hydrogens is 345 g/mol. The van der Waals surface area contributed by atoms with Crippen LogP contribution in [0.5, 0.6) is 0 Å². The number of carbonyl (C=O) groups excluding carboxylic acids is 2. The molecule has 1 aromatic heterocycles. The molecule has 138 valence electrons. The molecule has 0 aliphatic carbocycles. The Hall–Kier alpha value is -3.15. The van der Waals surface area contributed by atoms with Crippen LogP contribution in [0, 0.1) is 5.82 Å². The Labute approximate surface area is 156 Å². The molecule has 0 spiro atoms. The number of amides is 2. The first kappa shape index (κ1) is 17.3. The van der Waals surface area contributed by atoms with Gasteiger partial charge < -0.3 is 14.8 Å². The van der Waals surface area contributed by atoms with E-state index in [4.69, 9.17) is 0 Å². The number of aromatic nitrogens is 1. The molecule has 27 heavy (non-hydrogen) atoms. The summed E-state index contributed by atoms with van der Waals surface area (Å²) < 4.78 is 13.0. The van der Waals surface area contributed by atoms with E-state index in [2.05, 4.69) is 4.98 Å². The number of para-hydroxylation sites is 1. The maximum Gasteiger partial charge on any atom is 0.253 e. The van der Waals surface area contributed by atoms with Crippen molar-refractivity contribution in [2.45, 2.75) is 6.42 Å². The van der Waals surface area contributed by atoms with Gasteiger partial charge >= 0.3 is 0 Å². The van der Waals surface area contributed by atoms with Crippen molar-refractivity contribution in [1.29, 1.82) is 0 Å². The number of hydrogen-bond acceptors (Lipinski definition) is 2. The van der Waals surface area contributed by atoms with Gasteiger partial charge in [-0.25, -0.2) is 4.39 Å². The zero-order valence-corrected chi connectivity index (χ0v) is 14.8. The molecule has 4 rings (SSSR count). The van der Waals surface area contributed by atoms with Crippen LogP contribution in [0.4, 0.5) is 4.39 Å². The normalized spacial score (nSPS) is 14.6. The van der Waals surface area contributed by atoms with Crippen LogP contribution in [0.1, 0.15) is 15.9 Å². The first-order chi connectivity index (χ1) is 13.1. The highest BCUT2D eigenvalue weighted by Crippen LogP contribution is 2.19. The predicted molar refractivity (Wildman–Crippen MR) is 101 cm³/mol. The minimum Gasteiger partial charge on any atom is -0.361 e. The lowest BCUT2D eigenvalue weighted by molar-refractivity contribution is -0.131. The summed E-state index contributed by atoms with van der Waals surface area (Å²) in [4.78, 5) is 31.8. The summed E-state index contributed by atoms with van der Waals surface area (Å²) in [5.41, 5.74) is 2.48. The number of aromatic amines is 1. The van der Waals surface area contributed by atoms with Crippen LogP contribution in [-0.4, -0.2) is 52.8 Å². The Kier molecular flexibility index (Phi) is 4.62. The van der Waals surface area contributed by atoms with Crippen molar-refractivity contribution in [3.63, 3.8) is 0 Å². The van der Waals surface area contributed by atoms with E-state index in [0.29, 0.717) is 38.2 Å². The van der Waals surface area contributed by atoms with Gasteiger partial charge in [0, 0.05) is 48.8 Å². The molecule has 0 atom stereocenters. The fraction of sp³-hybridized carbons (Fsp3) is 0.238. The van der Waals surface area contributed by atoms with Crippen LogP contribution in [0.25, 0.3) is 10.9 Å². The number of benzene rings is 2. The topological polar surface area (TPSA) is 56.4 Å². The van der Waals surface area contributed by atoms with Crippen LogP contribution in [0.15, 0.2) is 54.7 Å². The highest BCUT2D eigenvalue weighted by Gasteiger charge is 2.25. The molecule has 0 saturated carbocycles. The summed E-state index contributed by atoms with van der Waals surface area (Å²) in [5, 5.41) is 1.07. The Morgan fingerprint density at radius 3 is 2.33 bits per heavy atom. The van der Waals surface area contributed by atoms with Crippen LogP contribution in [-0.2, 0) is 11.2 Å². The van der Waals surface area contributed by atoms with Crippen molar-refractivity contribution in [1.82, 2.24) is 14.8 Å². The van der Waals surface area contributed by atoms with Crippen LogP contribution in [0.3, 0.4) is 0 Å². The van der Waals surface area contributed by atoms with Gasteiger partial charge in [-0.05, 0) is 35.9 Å². The predicted octanol–water partition coefficient (Wildman–Crippen LogP) is 2.83. The second kappa shape index (κ2) is 7.23. The monoisotopic (exact) mass is 365 g/mol. The largest absolute Gasteiger partial charge is 0.361 e. The molecule has 1 aliphatic heterocycles. The standard InChI is InChI=1S/C21H20FN3O2/c22-17-7-5-15(6-8-17)21(27)25-11-9-24(10-12-25)20(26)13-16-14-23-19-4-2-1-3-18(16)19/h1-8,14,23H,9-13H2. The second-order valence-corrected chi connectivity index (χ2v) is 6.72. The summed E-state index contributed by atoms with van der Waals surface area (Å²) in [6.45, 7) is 1.98. The van der Waals surface area contributed by atoms with Crippen LogP contribution < -0.4 is 0 Å². The molecule has 1 saturated heterocycles. The zero-order valence-electron chi connectivity index (χ0n) is 14.8. The first-order valence-electron chi connectivity index (χ1n) is 8.99. The highest BCUT2D eigenvalue weighted by molar-refractivity contribution is 5.94. The molecule has 2 heterocycles. The number of fused-ring (bicyclic) bond motifs is 1. The third kappa shape index (κ3) is 3.56. The number of nitrogens with zero attached hydrogens (tertiary/aromatic N) is 2. The lowest BCUT2D eigenvalue weighted by atomic mass is 10.1. The van der Waals surface area contributed by atoms with Gasteiger partial charge in [-0.3, -0.25) is 9.59 Å². The molecule has 0 bridgehead atoms. The van der Waals surface area contributed by atoms with Crippen LogP contribution in [0.2, 0.25) is 0 Å². The Balaban J connectivity index is 1.36. The van der Waals surface area contributed by atoms with E-state index in [1.807, 2.05) is 30.5 Å². The molecule has 0 unspecified atom stereocenters. The molecular formula is C21H20FN3O2. The fourth-order valence-corrected chi connectivity index (χ4v) is 3.49. The second-order valence-electron chi connectivity index (χ2n) is 6.72. The Morgan fingerprint density at radius 2 is 1.59 bits per heavy atom. The summed E-state index contributed by atoms with van der Waals surface area (Å²) in [7, 11) is 0. The SMILES string of the molecule is O=C(Cc1c[nH]c2ccccc12)N1CCN(C(=O)c2ccc(F)cc2)CC1. The van der Waals surface area contributed by atoms with E-state index in [1.165, 1.54) is 24.3 Å². The van der Waals surface area contributed by atoms with Gasteiger partial charge in [0.1, 0.15) is 5.82 Å². The van der Waals surface area contributed by atoms with E-state index in [1.54, 1.807) is 9.80 Å². The van der Waals surface area contributed by atoms with Gasteiger partial charge in [0.15, 0.2) is 0 Å². The Morgan fingerprint density at radius 1 is 0.926 bits per heavy atom. The van der Waals surface area contributed by atoms with E-state index in [9.17, 15) is 14.0 Å². The average Bonchev–Trinajstić information content (AvgIpc) is 3.11. The quantitative estimate of drug-likeness (QED) is 0.776. The maximum absolute atomic E-state index is 13.0. The van der Waals surface area contributed by atoms with E-state index in [0.717, 1.165) is 16.5 Å². The number of halogens is 1. The third-order valence-electron chi connectivity index (χ3n) is 5.03. The third-order valence-corrected chi connectivity index (χ3v) is 5.03. The number of H-pyrrole nitrogens is 1. The minimum absolute atomic E-state index is 0.0636. The van der Waals surface area contributed by atoms with E-state index < -0.39 is 0 Å². The van der Waals surface area contributed by atoms with Crippen molar-refractivity contribution < 1.29 is 14.0 Å². The number of carbonyl (C=O) groups is 2. The van der Waals surface area contributed by atoms with Crippen molar-refractivity contribution in [2.75, 3.05) is 26.2 Å². The summed E-state index contributed by atoms with van der Waals surface area (Å²) in [5.74, 6) is -0.424. The summed E-state index contributed by atoms with van der Waals surface area (Å²) >= 11 is 0. The Bertz CT molecular complexity index is 973. The van der Waals surface area contributed by atoms with Crippen molar-refractivity contribution in [3.05, 3.63) is 71.7 Å². The smallest absolute Gasteiger partial charge is 0.253 e. The van der Waals surface area contributed by atoms with Gasteiger partial charge in [0.2, 0.25) is 5.91 Å². The van der Waals surface area contributed by atoms with Crippen molar-refractivity contribution in [3.8, 4) is 0 Å². The van der Waals surface area contributed by atoms with Gasteiger partial charge in [-0.15, -0.1) is 0 Å².